The van der Waals surface area contributed by atoms with Crippen LogP contribution in [-0.4, -0.2) is 25.1 Å². The molecule has 0 bridgehead atoms. The molecule has 1 heterocycles. The molecular formula is C20H19BrN2O3S. The number of hydrogen-bond acceptors (Lipinski definition) is 4. The summed E-state index contributed by atoms with van der Waals surface area (Å²) in [6.45, 7) is 1.55. The van der Waals surface area contributed by atoms with Crippen LogP contribution in [0.15, 0.2) is 52.5 Å². The highest BCUT2D eigenvalue weighted by atomic mass is 79.9. The van der Waals surface area contributed by atoms with E-state index in [4.69, 9.17) is 21.7 Å². The summed E-state index contributed by atoms with van der Waals surface area (Å²) < 4.78 is 11.6. The Kier molecular flexibility index (Phi) is 5.82. The van der Waals surface area contributed by atoms with Crippen LogP contribution in [0.25, 0.3) is 5.70 Å². The predicted octanol–water partition coefficient (Wildman–Crippen LogP) is 3.99. The fourth-order valence-electron chi connectivity index (χ4n) is 3.10. The molecule has 0 spiro atoms. The number of hydrogen-bond donors (Lipinski definition) is 2. The molecule has 0 aliphatic carbocycles. The summed E-state index contributed by atoms with van der Waals surface area (Å²) in [7, 11) is 3.16. The highest BCUT2D eigenvalue weighted by molar-refractivity contribution is 9.10. The third kappa shape index (κ3) is 3.84. The molecule has 2 aromatic carbocycles. The van der Waals surface area contributed by atoms with Gasteiger partial charge >= 0.3 is 0 Å². The standard InChI is InChI=1S/C20H19BrN2O3S/c1-11(24)17-18(12-7-5-4-6-8-12)22-20(27)23-19(17)13-9-15(25-2)16(26-3)10-14(13)21/h4-10,19H,1-3H3,(H2,22,23,27)/t19-/m1/s1. The molecule has 0 fully saturated rings. The van der Waals surface area contributed by atoms with E-state index in [0.717, 1.165) is 15.6 Å². The van der Waals surface area contributed by atoms with E-state index in [2.05, 4.69) is 26.6 Å². The molecule has 0 saturated heterocycles. The molecule has 0 aromatic heterocycles. The van der Waals surface area contributed by atoms with Crippen molar-refractivity contribution in [3.8, 4) is 11.5 Å². The van der Waals surface area contributed by atoms with Crippen LogP contribution in [0, 0.1) is 0 Å². The van der Waals surface area contributed by atoms with Crippen LogP contribution in [0.2, 0.25) is 0 Å². The van der Waals surface area contributed by atoms with Crippen molar-refractivity contribution in [1.29, 1.82) is 0 Å². The van der Waals surface area contributed by atoms with Gasteiger partial charge in [0, 0.05) is 10.0 Å². The first-order valence-corrected chi connectivity index (χ1v) is 9.45. The number of carbonyl (C=O) groups is 1. The average Bonchev–Trinajstić information content (AvgIpc) is 2.67. The number of methoxy groups -OCH3 is 2. The van der Waals surface area contributed by atoms with Crippen LogP contribution in [-0.2, 0) is 4.79 Å². The fraction of sp³-hybridized carbons (Fsp3) is 0.200. The van der Waals surface area contributed by atoms with Crippen molar-refractivity contribution in [1.82, 2.24) is 10.6 Å². The minimum absolute atomic E-state index is 0.0527. The van der Waals surface area contributed by atoms with Crippen molar-refractivity contribution in [2.24, 2.45) is 0 Å². The number of carbonyl (C=O) groups excluding carboxylic acids is 1. The Bertz CT molecular complexity index is 928. The van der Waals surface area contributed by atoms with Crippen LogP contribution >= 0.6 is 28.1 Å². The smallest absolute Gasteiger partial charge is 0.171 e. The number of ketones is 1. The average molecular weight is 447 g/mol. The van der Waals surface area contributed by atoms with Gasteiger partial charge in [-0.1, -0.05) is 46.3 Å². The number of benzene rings is 2. The van der Waals surface area contributed by atoms with Crippen LogP contribution in [0.1, 0.15) is 24.1 Å². The lowest BCUT2D eigenvalue weighted by Crippen LogP contribution is -2.44. The Morgan fingerprint density at radius 3 is 2.33 bits per heavy atom. The number of halogens is 1. The summed E-state index contributed by atoms with van der Waals surface area (Å²) in [5.41, 5.74) is 3.03. The number of nitrogens with one attached hydrogen (secondary N) is 2. The highest BCUT2D eigenvalue weighted by Gasteiger charge is 2.32. The molecule has 1 atom stereocenters. The van der Waals surface area contributed by atoms with Gasteiger partial charge in [0.15, 0.2) is 22.4 Å². The first-order chi connectivity index (χ1) is 13.0. The number of rotatable bonds is 5. The molecule has 0 saturated carbocycles. The number of Topliss-reactive ketones (excluding diaryl/α,β-unsaturated/α-hetero) is 1. The Hall–Kier alpha value is -2.38. The van der Waals surface area contributed by atoms with E-state index >= 15 is 0 Å². The van der Waals surface area contributed by atoms with Crippen LogP contribution in [0.5, 0.6) is 11.5 Å². The second kappa shape index (κ2) is 8.10. The second-order valence-electron chi connectivity index (χ2n) is 5.97. The third-order valence-electron chi connectivity index (χ3n) is 4.33. The van der Waals surface area contributed by atoms with Crippen molar-refractivity contribution < 1.29 is 14.3 Å². The number of ether oxygens (including phenoxy) is 2. The first kappa shape index (κ1) is 19.4. The molecule has 5 nitrogen and oxygen atoms in total. The van der Waals surface area contributed by atoms with E-state index in [1.165, 1.54) is 0 Å². The largest absolute Gasteiger partial charge is 0.493 e. The molecule has 2 aromatic rings. The van der Waals surface area contributed by atoms with Crippen molar-refractivity contribution in [2.75, 3.05) is 14.2 Å². The van der Waals surface area contributed by atoms with E-state index in [-0.39, 0.29) is 5.78 Å². The van der Waals surface area contributed by atoms with Gasteiger partial charge < -0.3 is 20.1 Å². The minimum atomic E-state index is -0.430. The first-order valence-electron chi connectivity index (χ1n) is 8.25. The molecule has 7 heteroatoms. The molecule has 0 radical (unpaired) electrons. The van der Waals surface area contributed by atoms with Crippen LogP contribution in [0.3, 0.4) is 0 Å². The van der Waals surface area contributed by atoms with Gasteiger partial charge in [0.05, 0.1) is 26.0 Å². The summed E-state index contributed by atoms with van der Waals surface area (Å²) in [5.74, 6) is 1.12. The zero-order valence-corrected chi connectivity index (χ0v) is 17.5. The summed E-state index contributed by atoms with van der Waals surface area (Å²) >= 11 is 9.00. The van der Waals surface area contributed by atoms with E-state index in [9.17, 15) is 4.79 Å². The molecule has 2 N–H and O–H groups in total. The maximum atomic E-state index is 12.6. The van der Waals surface area contributed by atoms with Gasteiger partial charge in [0.1, 0.15) is 0 Å². The molecule has 140 valence electrons. The molecule has 0 unspecified atom stereocenters. The van der Waals surface area contributed by atoms with Crippen LogP contribution in [0.4, 0.5) is 0 Å². The minimum Gasteiger partial charge on any atom is -0.493 e. The highest BCUT2D eigenvalue weighted by Crippen LogP contribution is 2.40. The second-order valence-corrected chi connectivity index (χ2v) is 7.23. The van der Waals surface area contributed by atoms with Gasteiger partial charge in [0.2, 0.25) is 0 Å². The maximum Gasteiger partial charge on any atom is 0.171 e. The van der Waals surface area contributed by atoms with Gasteiger partial charge in [-0.3, -0.25) is 4.79 Å². The Labute approximate surface area is 171 Å². The lowest BCUT2D eigenvalue weighted by molar-refractivity contribution is -0.113. The monoisotopic (exact) mass is 446 g/mol. The van der Waals surface area contributed by atoms with E-state index < -0.39 is 6.04 Å². The van der Waals surface area contributed by atoms with Crippen molar-refractivity contribution in [3.05, 3.63) is 63.6 Å². The predicted molar refractivity (Wildman–Crippen MR) is 113 cm³/mol. The Morgan fingerprint density at radius 2 is 1.74 bits per heavy atom. The van der Waals surface area contributed by atoms with Gasteiger partial charge in [-0.05, 0) is 42.4 Å². The lowest BCUT2D eigenvalue weighted by atomic mass is 9.90. The topological polar surface area (TPSA) is 59.6 Å². The quantitative estimate of drug-likeness (QED) is 0.677. The third-order valence-corrected chi connectivity index (χ3v) is 5.23. The zero-order chi connectivity index (χ0) is 19.6. The van der Waals surface area contributed by atoms with E-state index in [1.54, 1.807) is 21.1 Å². The summed E-state index contributed by atoms with van der Waals surface area (Å²) in [4.78, 5) is 12.6. The molecular weight excluding hydrogens is 428 g/mol. The Balaban J connectivity index is 2.22. The molecule has 0 amide bonds. The summed E-state index contributed by atoms with van der Waals surface area (Å²) in [6, 6.07) is 12.9. The maximum absolute atomic E-state index is 12.6. The molecule has 3 rings (SSSR count). The van der Waals surface area contributed by atoms with Gasteiger partial charge in [-0.15, -0.1) is 0 Å². The van der Waals surface area contributed by atoms with E-state index in [1.807, 2.05) is 42.5 Å². The Morgan fingerprint density at radius 1 is 1.11 bits per heavy atom. The van der Waals surface area contributed by atoms with Gasteiger partial charge in [0.25, 0.3) is 0 Å². The van der Waals surface area contributed by atoms with Crippen molar-refractivity contribution >= 4 is 44.7 Å². The fourth-order valence-corrected chi connectivity index (χ4v) is 3.87. The molecule has 27 heavy (non-hydrogen) atoms. The van der Waals surface area contributed by atoms with Gasteiger partial charge in [-0.25, -0.2) is 0 Å². The van der Waals surface area contributed by atoms with Crippen molar-refractivity contribution in [3.63, 3.8) is 0 Å². The summed E-state index contributed by atoms with van der Waals surface area (Å²) in [6.07, 6.45) is 0. The van der Waals surface area contributed by atoms with Crippen molar-refractivity contribution in [2.45, 2.75) is 13.0 Å². The normalized spacial score (nSPS) is 16.4. The molecule has 1 aliphatic heterocycles. The zero-order valence-electron chi connectivity index (χ0n) is 15.1. The van der Waals surface area contributed by atoms with Gasteiger partial charge in [-0.2, -0.15) is 0 Å². The van der Waals surface area contributed by atoms with E-state index in [0.29, 0.717) is 27.9 Å². The molecule has 1 aliphatic rings. The lowest BCUT2D eigenvalue weighted by Gasteiger charge is -2.32. The van der Waals surface area contributed by atoms with Crippen LogP contribution < -0.4 is 20.1 Å². The SMILES string of the molecule is COc1cc(Br)c([C@H]2NC(=S)NC(c3ccccc3)=C2C(C)=O)cc1OC. The number of thiocarbonyl (C=S) groups is 1. The summed E-state index contributed by atoms with van der Waals surface area (Å²) in [5, 5.41) is 6.80.